The molecule has 3 heterocycles. The number of hydrogen-bond acceptors (Lipinski definition) is 4. The first-order chi connectivity index (χ1) is 11.9. The second-order valence-corrected chi connectivity index (χ2v) is 6.67. The Balaban J connectivity index is 1.78. The van der Waals surface area contributed by atoms with Gasteiger partial charge >= 0.3 is 0 Å². The summed E-state index contributed by atoms with van der Waals surface area (Å²) in [7, 11) is 0. The van der Waals surface area contributed by atoms with Crippen LogP contribution in [0.3, 0.4) is 0 Å². The van der Waals surface area contributed by atoms with E-state index in [0.29, 0.717) is 0 Å². The zero-order chi connectivity index (χ0) is 16.2. The third-order valence-corrected chi connectivity index (χ3v) is 5.01. The van der Waals surface area contributed by atoms with Gasteiger partial charge in [0.25, 0.3) is 0 Å². The van der Waals surface area contributed by atoms with Gasteiger partial charge in [-0.25, -0.2) is 4.99 Å². The van der Waals surface area contributed by atoms with Gasteiger partial charge < -0.3 is 9.30 Å². The van der Waals surface area contributed by atoms with Crippen molar-refractivity contribution in [3.05, 3.63) is 65.0 Å². The molecule has 0 bridgehead atoms. The van der Waals surface area contributed by atoms with E-state index in [2.05, 4.69) is 39.2 Å². The Morgan fingerprint density at radius 2 is 2.12 bits per heavy atom. The van der Waals surface area contributed by atoms with Crippen LogP contribution in [0.2, 0.25) is 0 Å². The number of hydrogen-bond donors (Lipinski definition) is 0. The molecule has 0 N–H and O–H groups in total. The number of nitrogens with zero attached hydrogens (tertiary/aromatic N) is 3. The normalized spacial score (nSPS) is 18.2. The maximum Gasteiger partial charge on any atom is 0.190 e. The van der Waals surface area contributed by atoms with E-state index in [1.807, 2.05) is 18.2 Å². The molecule has 1 aliphatic rings. The molecule has 3 aromatic rings. The van der Waals surface area contributed by atoms with E-state index in [-0.39, 0.29) is 6.10 Å². The van der Waals surface area contributed by atoms with Crippen molar-refractivity contribution in [2.75, 3.05) is 6.61 Å². The molecule has 0 spiro atoms. The molecule has 4 nitrogen and oxygen atoms in total. The summed E-state index contributed by atoms with van der Waals surface area (Å²) in [5.41, 5.74) is 3.28. The molecule has 1 fully saturated rings. The quantitative estimate of drug-likeness (QED) is 0.721. The van der Waals surface area contributed by atoms with Crippen LogP contribution in [0.25, 0.3) is 11.3 Å². The van der Waals surface area contributed by atoms with Gasteiger partial charge in [-0.3, -0.25) is 4.98 Å². The van der Waals surface area contributed by atoms with Crippen LogP contribution in [-0.4, -0.2) is 22.3 Å². The van der Waals surface area contributed by atoms with Crippen LogP contribution in [0.1, 0.15) is 12.8 Å². The van der Waals surface area contributed by atoms with Crippen molar-refractivity contribution >= 4 is 17.0 Å². The molecule has 1 aliphatic heterocycles. The van der Waals surface area contributed by atoms with Crippen molar-refractivity contribution in [3.63, 3.8) is 0 Å². The van der Waals surface area contributed by atoms with Gasteiger partial charge in [-0.15, -0.1) is 11.3 Å². The average molecular weight is 337 g/mol. The van der Waals surface area contributed by atoms with E-state index in [1.54, 1.807) is 23.7 Å². The smallest absolute Gasteiger partial charge is 0.190 e. The topological polar surface area (TPSA) is 39.4 Å². The summed E-state index contributed by atoms with van der Waals surface area (Å²) >= 11 is 1.66. The maximum atomic E-state index is 5.85. The Hall–Kier alpha value is -2.24. The molecule has 1 aromatic carbocycles. The fourth-order valence-corrected chi connectivity index (χ4v) is 3.90. The van der Waals surface area contributed by atoms with Gasteiger partial charge in [0.05, 0.1) is 30.2 Å². The molecule has 1 saturated heterocycles. The summed E-state index contributed by atoms with van der Waals surface area (Å²) in [6.07, 6.45) is 6.09. The zero-order valence-electron chi connectivity index (χ0n) is 13.3. The summed E-state index contributed by atoms with van der Waals surface area (Å²) in [5.74, 6) is 0. The fraction of sp³-hybridized carbons (Fsp3) is 0.263. The summed E-state index contributed by atoms with van der Waals surface area (Å²) in [5, 5.41) is 2.18. The minimum atomic E-state index is 0.273. The van der Waals surface area contributed by atoms with Crippen LogP contribution < -0.4 is 4.80 Å². The third kappa shape index (κ3) is 3.32. The maximum absolute atomic E-state index is 5.85. The standard InChI is InChI=1S/C19H19N3OS/c1-2-6-15(7-3-1)18-14-24-19(21-16-8-4-10-20-12-16)22(18)13-17-9-5-11-23-17/h1-4,6-8,10,12,14,17H,5,9,11,13H2/t17-/m1/s1. The molecule has 2 aromatic heterocycles. The van der Waals surface area contributed by atoms with E-state index in [1.165, 1.54) is 11.3 Å². The summed E-state index contributed by atoms with van der Waals surface area (Å²) in [4.78, 5) is 9.93. The Bertz CT molecular complexity index is 849. The SMILES string of the molecule is c1ccc(-c2csc(=Nc3cccnc3)n2C[C@H]2CCCO2)cc1. The number of thiazole rings is 1. The number of ether oxygens (including phenoxy) is 1. The van der Waals surface area contributed by atoms with Crippen molar-refractivity contribution < 1.29 is 4.74 Å². The van der Waals surface area contributed by atoms with Crippen LogP contribution in [0.5, 0.6) is 0 Å². The molecule has 1 atom stereocenters. The minimum Gasteiger partial charge on any atom is -0.376 e. The summed E-state index contributed by atoms with van der Waals surface area (Å²) in [6.45, 7) is 1.71. The Labute approximate surface area is 145 Å². The number of pyridine rings is 1. The number of benzene rings is 1. The van der Waals surface area contributed by atoms with Crippen molar-refractivity contribution in [2.24, 2.45) is 4.99 Å². The first-order valence-corrected chi connectivity index (χ1v) is 9.08. The van der Waals surface area contributed by atoms with Gasteiger partial charge in [-0.05, 0) is 30.5 Å². The molecule has 0 radical (unpaired) electrons. The molecule has 4 rings (SSSR count). The fourth-order valence-electron chi connectivity index (χ4n) is 2.96. The Morgan fingerprint density at radius 1 is 1.21 bits per heavy atom. The van der Waals surface area contributed by atoms with Gasteiger partial charge in [0.2, 0.25) is 0 Å². The largest absolute Gasteiger partial charge is 0.376 e. The van der Waals surface area contributed by atoms with Gasteiger partial charge in [-0.1, -0.05) is 30.3 Å². The van der Waals surface area contributed by atoms with Crippen molar-refractivity contribution in [1.29, 1.82) is 0 Å². The molecule has 5 heteroatoms. The monoisotopic (exact) mass is 337 g/mol. The molecule has 24 heavy (non-hydrogen) atoms. The summed E-state index contributed by atoms with van der Waals surface area (Å²) < 4.78 is 8.13. The van der Waals surface area contributed by atoms with E-state index < -0.39 is 0 Å². The van der Waals surface area contributed by atoms with Crippen LogP contribution in [0, 0.1) is 0 Å². The number of aromatic nitrogens is 2. The van der Waals surface area contributed by atoms with Crippen LogP contribution in [0.15, 0.2) is 65.2 Å². The second-order valence-electron chi connectivity index (χ2n) is 5.84. The number of rotatable bonds is 4. The summed E-state index contributed by atoms with van der Waals surface area (Å²) in [6, 6.07) is 14.4. The first-order valence-electron chi connectivity index (χ1n) is 8.20. The van der Waals surface area contributed by atoms with Gasteiger partial charge in [0.1, 0.15) is 0 Å². The van der Waals surface area contributed by atoms with Crippen LogP contribution >= 0.6 is 11.3 Å². The van der Waals surface area contributed by atoms with Gasteiger partial charge in [-0.2, -0.15) is 0 Å². The van der Waals surface area contributed by atoms with Crippen molar-refractivity contribution in [3.8, 4) is 11.3 Å². The van der Waals surface area contributed by atoms with Crippen molar-refractivity contribution in [1.82, 2.24) is 9.55 Å². The zero-order valence-corrected chi connectivity index (χ0v) is 14.2. The third-order valence-electron chi connectivity index (χ3n) is 4.15. The molecular weight excluding hydrogens is 318 g/mol. The van der Waals surface area contributed by atoms with Gasteiger partial charge in [0, 0.05) is 18.2 Å². The molecule has 0 unspecified atom stereocenters. The predicted molar refractivity (Wildman–Crippen MR) is 96.2 cm³/mol. The molecule has 0 aliphatic carbocycles. The molecule has 122 valence electrons. The van der Waals surface area contributed by atoms with Crippen LogP contribution in [-0.2, 0) is 11.3 Å². The predicted octanol–water partition coefficient (Wildman–Crippen LogP) is 4.02. The van der Waals surface area contributed by atoms with E-state index in [9.17, 15) is 0 Å². The lowest BCUT2D eigenvalue weighted by molar-refractivity contribution is 0.0968. The van der Waals surface area contributed by atoms with Gasteiger partial charge in [0.15, 0.2) is 4.80 Å². The highest BCUT2D eigenvalue weighted by molar-refractivity contribution is 7.07. The molecular formula is C19H19N3OS. The average Bonchev–Trinajstić information content (AvgIpc) is 3.28. The molecule has 0 amide bonds. The van der Waals surface area contributed by atoms with Crippen LogP contribution in [0.4, 0.5) is 5.69 Å². The van der Waals surface area contributed by atoms with E-state index >= 15 is 0 Å². The minimum absolute atomic E-state index is 0.273. The lowest BCUT2D eigenvalue weighted by Crippen LogP contribution is -2.24. The highest BCUT2D eigenvalue weighted by Crippen LogP contribution is 2.23. The Morgan fingerprint density at radius 3 is 2.88 bits per heavy atom. The van der Waals surface area contributed by atoms with Crippen molar-refractivity contribution in [2.45, 2.75) is 25.5 Å². The lowest BCUT2D eigenvalue weighted by atomic mass is 10.1. The lowest BCUT2D eigenvalue weighted by Gasteiger charge is -2.14. The Kier molecular flexibility index (Phi) is 4.53. The second kappa shape index (κ2) is 7.11. The molecule has 0 saturated carbocycles. The van der Waals surface area contributed by atoms with E-state index in [4.69, 9.17) is 9.73 Å². The highest BCUT2D eigenvalue weighted by Gasteiger charge is 2.18. The highest BCUT2D eigenvalue weighted by atomic mass is 32.1. The van der Waals surface area contributed by atoms with E-state index in [0.717, 1.165) is 36.5 Å². The first kappa shape index (κ1) is 15.3.